The van der Waals surface area contributed by atoms with E-state index in [4.69, 9.17) is 10.2 Å². The number of carboxylic acid groups (broad SMARTS) is 2. The third-order valence-electron chi connectivity index (χ3n) is 6.23. The van der Waals surface area contributed by atoms with Crippen LogP contribution >= 0.6 is 0 Å². The number of phenols is 2. The van der Waals surface area contributed by atoms with Crippen LogP contribution in [0.5, 0.6) is 11.5 Å². The number of rotatable bonds is 9. The Morgan fingerprint density at radius 2 is 0.778 bits per heavy atom. The van der Waals surface area contributed by atoms with Crippen LogP contribution in [0.1, 0.15) is 43.0 Å². The van der Waals surface area contributed by atoms with Crippen molar-refractivity contribution in [2.24, 2.45) is 0 Å². The molecule has 182 valence electrons. The minimum Gasteiger partial charge on any atom is -0.507 e. The molecule has 0 unspecified atom stereocenters. The highest BCUT2D eigenvalue weighted by atomic mass is 16.4. The first kappa shape index (κ1) is 24.5. The van der Waals surface area contributed by atoms with Crippen LogP contribution in [0.15, 0.2) is 84.9 Å². The number of carbonyl (C=O) groups is 2. The van der Waals surface area contributed by atoms with Gasteiger partial charge in [0.2, 0.25) is 0 Å². The molecule has 0 aliphatic rings. The molecule has 0 saturated carbocycles. The number of hydrogen-bond donors (Lipinski definition) is 4. The Morgan fingerprint density at radius 3 is 1.11 bits per heavy atom. The smallest absolute Gasteiger partial charge is 0.339 e. The number of benzene rings is 4. The summed E-state index contributed by atoms with van der Waals surface area (Å²) in [5.41, 5.74) is 6.00. The Hall–Kier alpha value is -4.58. The topological polar surface area (TPSA) is 115 Å². The number of aromatic hydroxyl groups is 2. The van der Waals surface area contributed by atoms with Crippen molar-refractivity contribution in [2.75, 3.05) is 0 Å². The first-order chi connectivity index (χ1) is 17.3. The van der Waals surface area contributed by atoms with Crippen molar-refractivity contribution in [3.05, 3.63) is 118 Å². The van der Waals surface area contributed by atoms with Gasteiger partial charge in [0, 0.05) is 0 Å². The first-order valence-corrected chi connectivity index (χ1v) is 11.6. The molecule has 4 rings (SSSR count). The molecule has 0 aliphatic heterocycles. The highest BCUT2D eigenvalue weighted by Gasteiger charge is 2.11. The molecule has 4 N–H and O–H groups in total. The summed E-state index contributed by atoms with van der Waals surface area (Å²) in [6, 6.07) is 25.9. The highest BCUT2D eigenvalue weighted by molar-refractivity contribution is 5.91. The summed E-state index contributed by atoms with van der Waals surface area (Å²) in [5, 5.41) is 37.6. The van der Waals surface area contributed by atoms with Crippen molar-refractivity contribution in [3.63, 3.8) is 0 Å². The van der Waals surface area contributed by atoms with Crippen molar-refractivity contribution in [3.8, 4) is 22.6 Å². The zero-order chi connectivity index (χ0) is 25.7. The van der Waals surface area contributed by atoms with E-state index in [1.165, 1.54) is 24.3 Å². The Balaban J connectivity index is 1.35. The minimum atomic E-state index is -1.14. The molecule has 0 spiro atoms. The van der Waals surface area contributed by atoms with Gasteiger partial charge >= 0.3 is 11.9 Å². The van der Waals surface area contributed by atoms with Gasteiger partial charge < -0.3 is 20.4 Å². The van der Waals surface area contributed by atoms with Crippen LogP contribution in [0, 0.1) is 0 Å². The van der Waals surface area contributed by atoms with Gasteiger partial charge in [-0.1, -0.05) is 60.7 Å². The van der Waals surface area contributed by atoms with E-state index in [0.29, 0.717) is 12.8 Å². The number of aryl methyl sites for hydroxylation is 4. The molecule has 0 bridgehead atoms. The van der Waals surface area contributed by atoms with Crippen LogP contribution in [0.3, 0.4) is 0 Å². The summed E-state index contributed by atoms with van der Waals surface area (Å²) in [6.07, 6.45) is 2.85. The lowest BCUT2D eigenvalue weighted by Crippen LogP contribution is -1.99. The van der Waals surface area contributed by atoms with Crippen molar-refractivity contribution in [2.45, 2.75) is 25.7 Å². The largest absolute Gasteiger partial charge is 0.507 e. The van der Waals surface area contributed by atoms with E-state index < -0.39 is 11.9 Å². The number of aromatic carboxylic acids is 2. The fraction of sp³-hybridized carbons (Fsp3) is 0.133. The fourth-order valence-corrected chi connectivity index (χ4v) is 4.13. The van der Waals surface area contributed by atoms with Crippen molar-refractivity contribution in [1.82, 2.24) is 0 Å². The lowest BCUT2D eigenvalue weighted by molar-refractivity contribution is 0.0682. The summed E-state index contributed by atoms with van der Waals surface area (Å²) in [7, 11) is 0. The second-order valence-corrected chi connectivity index (χ2v) is 8.71. The third kappa shape index (κ3) is 5.91. The van der Waals surface area contributed by atoms with Crippen LogP contribution in [0.4, 0.5) is 0 Å². The molecule has 6 heteroatoms. The number of hydrogen-bond acceptors (Lipinski definition) is 4. The van der Waals surface area contributed by atoms with Gasteiger partial charge in [0.05, 0.1) is 0 Å². The summed E-state index contributed by atoms with van der Waals surface area (Å²) < 4.78 is 0. The van der Waals surface area contributed by atoms with Crippen molar-refractivity contribution >= 4 is 11.9 Å². The Kier molecular flexibility index (Phi) is 7.35. The van der Waals surface area contributed by atoms with E-state index in [-0.39, 0.29) is 22.6 Å². The van der Waals surface area contributed by atoms with E-state index in [1.807, 2.05) is 0 Å². The molecule has 0 fully saturated rings. The monoisotopic (exact) mass is 482 g/mol. The van der Waals surface area contributed by atoms with Gasteiger partial charge in [-0.3, -0.25) is 0 Å². The molecule has 36 heavy (non-hydrogen) atoms. The molecule has 0 aliphatic carbocycles. The van der Waals surface area contributed by atoms with Crippen molar-refractivity contribution in [1.29, 1.82) is 0 Å². The summed E-state index contributed by atoms with van der Waals surface area (Å²) in [6.45, 7) is 0. The van der Waals surface area contributed by atoms with Gasteiger partial charge in [-0.25, -0.2) is 9.59 Å². The normalized spacial score (nSPS) is 10.8. The van der Waals surface area contributed by atoms with Crippen LogP contribution in [-0.4, -0.2) is 32.4 Å². The van der Waals surface area contributed by atoms with Gasteiger partial charge in [-0.15, -0.1) is 0 Å². The average Bonchev–Trinajstić information content (AvgIpc) is 2.88. The molecule has 0 amide bonds. The quantitative estimate of drug-likeness (QED) is 0.242. The maximum atomic E-state index is 11.2. The van der Waals surface area contributed by atoms with E-state index in [1.54, 1.807) is 12.1 Å². The average molecular weight is 483 g/mol. The van der Waals surface area contributed by atoms with Crippen LogP contribution in [0.2, 0.25) is 0 Å². The summed E-state index contributed by atoms with van der Waals surface area (Å²) in [5.74, 6) is -2.74. The molecular weight excluding hydrogens is 456 g/mol. The molecule has 6 nitrogen and oxygen atoms in total. The Bertz CT molecular complexity index is 1280. The predicted octanol–water partition coefficient (Wildman–Crippen LogP) is 5.73. The summed E-state index contributed by atoms with van der Waals surface area (Å²) in [4.78, 5) is 22.4. The molecule has 0 radical (unpaired) electrons. The molecule has 4 aromatic rings. The molecule has 0 saturated heterocycles. The van der Waals surface area contributed by atoms with Crippen LogP contribution < -0.4 is 0 Å². The maximum Gasteiger partial charge on any atom is 0.339 e. The van der Waals surface area contributed by atoms with Gasteiger partial charge in [-0.05, 0) is 83.3 Å². The second-order valence-electron chi connectivity index (χ2n) is 8.71. The minimum absolute atomic E-state index is 0.0839. The first-order valence-electron chi connectivity index (χ1n) is 11.6. The molecule has 0 aromatic heterocycles. The van der Waals surface area contributed by atoms with Gasteiger partial charge in [0.1, 0.15) is 22.6 Å². The standard InChI is InChI=1S/C30H26O6/c31-27-15-9-21(17-25(27)29(33)34)3-1-19-5-11-23(12-6-19)24-13-7-20(8-14-24)2-4-22-10-16-28(32)26(18-22)30(35)36/h5-18,31-32H,1-4H2,(H,33,34)(H,35,36). The Morgan fingerprint density at radius 1 is 0.472 bits per heavy atom. The summed E-state index contributed by atoms with van der Waals surface area (Å²) >= 11 is 0. The van der Waals surface area contributed by atoms with E-state index in [9.17, 15) is 19.8 Å². The van der Waals surface area contributed by atoms with Crippen LogP contribution in [0.25, 0.3) is 11.1 Å². The molecule has 0 atom stereocenters. The van der Waals surface area contributed by atoms with Gasteiger partial charge in [0.25, 0.3) is 0 Å². The predicted molar refractivity (Wildman–Crippen MR) is 137 cm³/mol. The highest BCUT2D eigenvalue weighted by Crippen LogP contribution is 2.24. The lowest BCUT2D eigenvalue weighted by Gasteiger charge is -2.08. The van der Waals surface area contributed by atoms with E-state index in [2.05, 4.69) is 48.5 Å². The zero-order valence-electron chi connectivity index (χ0n) is 19.5. The van der Waals surface area contributed by atoms with E-state index in [0.717, 1.165) is 46.2 Å². The van der Waals surface area contributed by atoms with E-state index >= 15 is 0 Å². The van der Waals surface area contributed by atoms with Gasteiger partial charge in [-0.2, -0.15) is 0 Å². The Labute approximate surface area is 208 Å². The van der Waals surface area contributed by atoms with Crippen LogP contribution in [-0.2, 0) is 25.7 Å². The maximum absolute atomic E-state index is 11.2. The zero-order valence-corrected chi connectivity index (χ0v) is 19.5. The molecule has 0 heterocycles. The second kappa shape index (κ2) is 10.8. The molecular formula is C30H26O6. The number of carboxylic acids is 2. The lowest BCUT2D eigenvalue weighted by atomic mass is 9.97. The van der Waals surface area contributed by atoms with Gasteiger partial charge in [0.15, 0.2) is 0 Å². The fourth-order valence-electron chi connectivity index (χ4n) is 4.13. The van der Waals surface area contributed by atoms with Crippen molar-refractivity contribution < 1.29 is 30.0 Å². The molecule has 4 aromatic carbocycles. The SMILES string of the molecule is O=C(O)c1cc(CCc2ccc(-c3ccc(CCc4ccc(O)c(C(=O)O)c4)cc3)cc2)ccc1O. The third-order valence-corrected chi connectivity index (χ3v) is 6.23.